The Balaban J connectivity index is 1.58. The Labute approximate surface area is 147 Å². The average molecular weight is 361 g/mol. The minimum Gasteiger partial charge on any atom is -0.478 e. The molecule has 0 saturated carbocycles. The monoisotopic (exact) mass is 361 g/mol. The number of hydrogen-bond acceptors (Lipinski definition) is 6. The van der Waals surface area contributed by atoms with Crippen molar-refractivity contribution in [2.24, 2.45) is 0 Å². The quantitative estimate of drug-likeness (QED) is 0.698. The van der Waals surface area contributed by atoms with Gasteiger partial charge in [0, 0.05) is 0 Å². The molecular weight excluding hydrogens is 345 g/mol. The first-order chi connectivity index (χ1) is 12.2. The lowest BCUT2D eigenvalue weighted by atomic mass is 10.2. The van der Waals surface area contributed by atoms with Crippen LogP contribution in [0.3, 0.4) is 0 Å². The molecule has 0 saturated heterocycles. The number of benzene rings is 1. The third-order valence-electron chi connectivity index (χ3n) is 3.39. The fourth-order valence-corrected chi connectivity index (χ4v) is 2.77. The molecule has 0 aliphatic rings. The van der Waals surface area contributed by atoms with E-state index in [1.165, 1.54) is 23.5 Å². The van der Waals surface area contributed by atoms with Crippen molar-refractivity contribution in [1.82, 2.24) is 15.5 Å². The molecule has 0 radical (unpaired) electrons. The fourth-order valence-electron chi connectivity index (χ4n) is 2.12. The largest absolute Gasteiger partial charge is 0.478 e. The Bertz CT molecular complexity index is 835. The predicted molar refractivity (Wildman–Crippen MR) is 90.6 cm³/mol. The van der Waals surface area contributed by atoms with E-state index in [0.29, 0.717) is 12.2 Å². The number of aromatic nitrogens is 2. The van der Waals surface area contributed by atoms with E-state index < -0.39 is 11.9 Å². The molecule has 2 aromatic heterocycles. The summed E-state index contributed by atoms with van der Waals surface area (Å²) in [5, 5.41) is 8.46. The van der Waals surface area contributed by atoms with Crippen LogP contribution in [-0.2, 0) is 11.3 Å². The summed E-state index contributed by atoms with van der Waals surface area (Å²) < 4.78 is 24.2. The first kappa shape index (κ1) is 17.1. The third kappa shape index (κ3) is 4.21. The maximum absolute atomic E-state index is 13.6. The van der Waals surface area contributed by atoms with Gasteiger partial charge in [-0.2, -0.15) is 4.98 Å². The minimum absolute atomic E-state index is 0.0438. The van der Waals surface area contributed by atoms with Crippen LogP contribution in [0.2, 0.25) is 0 Å². The van der Waals surface area contributed by atoms with Crippen LogP contribution in [0.25, 0.3) is 10.7 Å². The van der Waals surface area contributed by atoms with E-state index in [1.807, 2.05) is 17.5 Å². The molecule has 1 atom stereocenters. The Morgan fingerprint density at radius 3 is 2.92 bits per heavy atom. The second-order valence-electron chi connectivity index (χ2n) is 5.15. The summed E-state index contributed by atoms with van der Waals surface area (Å²) in [4.78, 5) is 17.4. The molecule has 0 fully saturated rings. The van der Waals surface area contributed by atoms with Crippen LogP contribution in [0.4, 0.5) is 4.39 Å². The van der Waals surface area contributed by atoms with Crippen molar-refractivity contribution in [1.29, 1.82) is 0 Å². The molecule has 0 aliphatic heterocycles. The van der Waals surface area contributed by atoms with Gasteiger partial charge in [-0.25, -0.2) is 4.39 Å². The van der Waals surface area contributed by atoms with E-state index in [2.05, 4.69) is 15.5 Å². The van der Waals surface area contributed by atoms with Crippen molar-refractivity contribution < 1.29 is 18.4 Å². The Morgan fingerprint density at radius 2 is 2.20 bits per heavy atom. The molecule has 0 aliphatic carbocycles. The number of halogens is 1. The van der Waals surface area contributed by atoms with Crippen molar-refractivity contribution in [2.75, 3.05) is 0 Å². The third-order valence-corrected chi connectivity index (χ3v) is 4.26. The molecular formula is C17H16FN3O3S. The number of hydrogen-bond donors (Lipinski definition) is 1. The van der Waals surface area contributed by atoms with Gasteiger partial charge in [-0.05, 0) is 30.0 Å². The van der Waals surface area contributed by atoms with Gasteiger partial charge in [-0.1, -0.05) is 30.3 Å². The van der Waals surface area contributed by atoms with Crippen LogP contribution >= 0.6 is 11.3 Å². The van der Waals surface area contributed by atoms with Gasteiger partial charge in [0.1, 0.15) is 0 Å². The SMILES string of the molecule is CC[C@H](Oc1ccccc1F)C(=O)NCc1nc(-c2cccs2)no1. The van der Waals surface area contributed by atoms with E-state index in [-0.39, 0.29) is 24.1 Å². The van der Waals surface area contributed by atoms with Crippen molar-refractivity contribution in [3.63, 3.8) is 0 Å². The highest BCUT2D eigenvalue weighted by Crippen LogP contribution is 2.21. The summed E-state index contributed by atoms with van der Waals surface area (Å²) in [7, 11) is 0. The summed E-state index contributed by atoms with van der Waals surface area (Å²) in [6, 6.07) is 9.75. The van der Waals surface area contributed by atoms with Crippen LogP contribution in [-0.4, -0.2) is 22.2 Å². The molecule has 0 unspecified atom stereocenters. The number of amides is 1. The second-order valence-corrected chi connectivity index (χ2v) is 6.10. The highest BCUT2D eigenvalue weighted by atomic mass is 32.1. The zero-order valence-corrected chi connectivity index (χ0v) is 14.3. The molecule has 0 bridgehead atoms. The van der Waals surface area contributed by atoms with Crippen LogP contribution in [0, 0.1) is 5.82 Å². The molecule has 3 rings (SSSR count). The zero-order chi connectivity index (χ0) is 17.6. The molecule has 25 heavy (non-hydrogen) atoms. The first-order valence-corrected chi connectivity index (χ1v) is 8.60. The number of rotatable bonds is 7. The minimum atomic E-state index is -0.809. The number of nitrogens with one attached hydrogen (secondary N) is 1. The van der Waals surface area contributed by atoms with E-state index in [9.17, 15) is 9.18 Å². The molecule has 1 N–H and O–H groups in total. The summed E-state index contributed by atoms with van der Waals surface area (Å²) in [5.74, 6) is -0.0680. The van der Waals surface area contributed by atoms with E-state index in [0.717, 1.165) is 4.88 Å². The number of nitrogens with zero attached hydrogens (tertiary/aromatic N) is 2. The molecule has 6 nitrogen and oxygen atoms in total. The lowest BCUT2D eigenvalue weighted by Gasteiger charge is -2.17. The maximum atomic E-state index is 13.6. The number of carbonyl (C=O) groups excluding carboxylic acids is 1. The highest BCUT2D eigenvalue weighted by molar-refractivity contribution is 7.13. The van der Waals surface area contributed by atoms with Gasteiger partial charge < -0.3 is 14.6 Å². The number of carbonyl (C=O) groups is 1. The van der Waals surface area contributed by atoms with Gasteiger partial charge in [-0.15, -0.1) is 11.3 Å². The lowest BCUT2D eigenvalue weighted by molar-refractivity contribution is -0.128. The average Bonchev–Trinajstić information content (AvgIpc) is 3.30. The Morgan fingerprint density at radius 1 is 1.36 bits per heavy atom. The molecule has 1 amide bonds. The lowest BCUT2D eigenvalue weighted by Crippen LogP contribution is -2.37. The summed E-state index contributed by atoms with van der Waals surface area (Å²) in [6.07, 6.45) is -0.415. The van der Waals surface area contributed by atoms with E-state index in [4.69, 9.17) is 9.26 Å². The Hall–Kier alpha value is -2.74. The maximum Gasteiger partial charge on any atom is 0.261 e. The number of para-hydroxylation sites is 1. The summed E-state index contributed by atoms with van der Waals surface area (Å²) >= 11 is 1.50. The van der Waals surface area contributed by atoms with Crippen molar-refractivity contribution in [3.05, 3.63) is 53.5 Å². The first-order valence-electron chi connectivity index (χ1n) is 7.72. The van der Waals surface area contributed by atoms with Gasteiger partial charge in [0.25, 0.3) is 5.91 Å². The smallest absolute Gasteiger partial charge is 0.261 e. The van der Waals surface area contributed by atoms with Gasteiger partial charge in [0.15, 0.2) is 17.7 Å². The number of thiophene rings is 1. The van der Waals surface area contributed by atoms with Crippen LogP contribution in [0.1, 0.15) is 19.2 Å². The highest BCUT2D eigenvalue weighted by Gasteiger charge is 2.20. The van der Waals surface area contributed by atoms with Crippen molar-refractivity contribution in [2.45, 2.75) is 26.0 Å². The standard InChI is InChI=1S/C17H16FN3O3S/c1-2-12(23-13-7-4-3-6-11(13)18)17(22)19-10-15-20-16(21-24-15)14-8-5-9-25-14/h3-9,12H,2,10H2,1H3,(H,19,22)/t12-/m0/s1. The number of ether oxygens (including phenoxy) is 1. The zero-order valence-electron chi connectivity index (χ0n) is 13.4. The van der Waals surface area contributed by atoms with Gasteiger partial charge in [0.2, 0.25) is 11.7 Å². The van der Waals surface area contributed by atoms with Gasteiger partial charge in [-0.3, -0.25) is 4.79 Å². The van der Waals surface area contributed by atoms with Crippen molar-refractivity contribution >= 4 is 17.2 Å². The van der Waals surface area contributed by atoms with Crippen LogP contribution < -0.4 is 10.1 Å². The molecule has 0 spiro atoms. The van der Waals surface area contributed by atoms with Crippen LogP contribution in [0.15, 0.2) is 46.3 Å². The normalized spacial score (nSPS) is 11.9. The topological polar surface area (TPSA) is 77.2 Å². The van der Waals surface area contributed by atoms with Crippen molar-refractivity contribution in [3.8, 4) is 16.5 Å². The molecule has 8 heteroatoms. The van der Waals surface area contributed by atoms with E-state index in [1.54, 1.807) is 19.1 Å². The fraction of sp³-hybridized carbons (Fsp3) is 0.235. The molecule has 3 aromatic rings. The van der Waals surface area contributed by atoms with Gasteiger partial charge in [0.05, 0.1) is 11.4 Å². The van der Waals surface area contributed by atoms with E-state index >= 15 is 0 Å². The Kier molecular flexibility index (Phi) is 5.39. The molecule has 1 aromatic carbocycles. The van der Waals surface area contributed by atoms with Crippen LogP contribution in [0.5, 0.6) is 5.75 Å². The second kappa shape index (κ2) is 7.89. The predicted octanol–water partition coefficient (Wildman–Crippen LogP) is 3.41. The summed E-state index contributed by atoms with van der Waals surface area (Å²) in [6.45, 7) is 1.86. The molecule has 2 heterocycles. The molecule has 130 valence electrons. The van der Waals surface area contributed by atoms with Gasteiger partial charge >= 0.3 is 0 Å². The summed E-state index contributed by atoms with van der Waals surface area (Å²) in [5.41, 5.74) is 0.